The summed E-state index contributed by atoms with van der Waals surface area (Å²) in [6.07, 6.45) is 0.544. The van der Waals surface area contributed by atoms with Crippen molar-refractivity contribution in [1.82, 2.24) is 5.32 Å². The lowest BCUT2D eigenvalue weighted by Crippen LogP contribution is -2.38. The van der Waals surface area contributed by atoms with Gasteiger partial charge >= 0.3 is 0 Å². The maximum absolute atomic E-state index is 11.0. The van der Waals surface area contributed by atoms with Gasteiger partial charge in [-0.05, 0) is 6.42 Å². The molecule has 1 unspecified atom stereocenters. The third-order valence-electron chi connectivity index (χ3n) is 2.15. The van der Waals surface area contributed by atoms with Crippen LogP contribution in [0.15, 0.2) is 0 Å². The van der Waals surface area contributed by atoms with Crippen molar-refractivity contribution >= 4 is 36.3 Å². The fourth-order valence-electron chi connectivity index (χ4n) is 1.44. The predicted molar refractivity (Wildman–Crippen MR) is 61.7 cm³/mol. The largest absolute Gasteiger partial charge is 0.380 e. The Morgan fingerprint density at radius 2 is 2.50 bits per heavy atom. The van der Waals surface area contributed by atoms with Crippen molar-refractivity contribution in [2.75, 3.05) is 18.1 Å². The molecule has 14 heavy (non-hydrogen) atoms. The molecule has 0 aromatic heterocycles. The van der Waals surface area contributed by atoms with Crippen LogP contribution in [0.5, 0.6) is 0 Å². The van der Waals surface area contributed by atoms with Gasteiger partial charge in [0.25, 0.3) is 0 Å². The summed E-state index contributed by atoms with van der Waals surface area (Å²) in [6.45, 7) is 0.466. The van der Waals surface area contributed by atoms with Gasteiger partial charge in [-0.15, -0.1) is 0 Å². The first kappa shape index (κ1) is 12.3. The van der Waals surface area contributed by atoms with E-state index in [0.29, 0.717) is 17.4 Å². The highest BCUT2D eigenvalue weighted by Crippen LogP contribution is 2.20. The molecule has 0 aliphatic carbocycles. The molecule has 1 N–H and O–H groups in total. The number of alkyl halides is 1. The number of hydrogen-bond donors (Lipinski definition) is 1. The van der Waals surface area contributed by atoms with Crippen molar-refractivity contribution in [3.8, 4) is 0 Å². The summed E-state index contributed by atoms with van der Waals surface area (Å²) in [6, 6.07) is -0.276. The van der Waals surface area contributed by atoms with Crippen molar-refractivity contribution in [2.45, 2.75) is 24.6 Å². The highest BCUT2D eigenvalue weighted by Gasteiger charge is 2.32. The second-order valence-electron chi connectivity index (χ2n) is 3.16. The molecule has 1 fully saturated rings. The van der Waals surface area contributed by atoms with E-state index in [1.807, 2.05) is 22.6 Å². The van der Waals surface area contributed by atoms with Crippen molar-refractivity contribution in [3.05, 3.63) is 0 Å². The molecule has 2 radical (unpaired) electrons. The lowest BCUT2D eigenvalue weighted by Gasteiger charge is -2.17. The first-order chi connectivity index (χ1) is 6.67. The zero-order valence-electron chi connectivity index (χ0n) is 8.03. The lowest BCUT2D eigenvalue weighted by molar-refractivity contribution is -0.119. The maximum Gasteiger partial charge on any atom is 0.229 e. The van der Waals surface area contributed by atoms with Gasteiger partial charge in [-0.3, -0.25) is 4.79 Å². The van der Waals surface area contributed by atoms with E-state index in [9.17, 15) is 4.79 Å². The summed E-state index contributed by atoms with van der Waals surface area (Å²) < 4.78 is 11.0. The SMILES string of the molecule is [B][C@H]1CC(OC)[C@@H](CNC(=O)CI)O1. The van der Waals surface area contributed by atoms with E-state index in [0.717, 1.165) is 0 Å². The summed E-state index contributed by atoms with van der Waals surface area (Å²) in [4.78, 5) is 11.0. The van der Waals surface area contributed by atoms with Crippen LogP contribution in [0, 0.1) is 0 Å². The van der Waals surface area contributed by atoms with Crippen LogP contribution in [0.1, 0.15) is 6.42 Å². The zero-order valence-corrected chi connectivity index (χ0v) is 10.2. The van der Waals surface area contributed by atoms with E-state index in [2.05, 4.69) is 5.32 Å². The molecule has 3 atom stereocenters. The lowest BCUT2D eigenvalue weighted by atomic mass is 9.96. The number of amides is 1. The number of hydrogen-bond acceptors (Lipinski definition) is 3. The fraction of sp³-hybridized carbons (Fsp3) is 0.875. The topological polar surface area (TPSA) is 47.6 Å². The van der Waals surface area contributed by atoms with E-state index in [-0.39, 0.29) is 24.1 Å². The van der Waals surface area contributed by atoms with Crippen LogP contribution in [0.25, 0.3) is 0 Å². The Morgan fingerprint density at radius 3 is 3.07 bits per heavy atom. The van der Waals surface area contributed by atoms with Crippen molar-refractivity contribution < 1.29 is 14.3 Å². The first-order valence-corrected chi connectivity index (χ1v) is 5.96. The van der Waals surface area contributed by atoms with Crippen LogP contribution < -0.4 is 5.32 Å². The van der Waals surface area contributed by atoms with Crippen LogP contribution in [0.3, 0.4) is 0 Å². The van der Waals surface area contributed by atoms with Gasteiger partial charge in [-0.25, -0.2) is 0 Å². The minimum absolute atomic E-state index is 0.00419. The standard InChI is InChI=1S/C8H13BINO3/c1-13-5-2-7(9)14-6(5)4-11-8(12)3-10/h5-7H,2-4H2,1H3,(H,11,12)/t5?,6-,7-/m1/s1. The Labute approximate surface area is 98.6 Å². The predicted octanol–water partition coefficient (Wildman–Crippen LogP) is -0.164. The molecule has 1 aliphatic rings. The number of ether oxygens (including phenoxy) is 2. The van der Waals surface area contributed by atoms with Gasteiger partial charge in [0.1, 0.15) is 14.0 Å². The smallest absolute Gasteiger partial charge is 0.229 e. The summed E-state index contributed by atoms with van der Waals surface area (Å²) in [7, 11) is 7.24. The first-order valence-electron chi connectivity index (χ1n) is 4.44. The molecule has 0 aromatic carbocycles. The Kier molecular flexibility index (Phi) is 5.18. The van der Waals surface area contributed by atoms with Crippen molar-refractivity contribution in [1.29, 1.82) is 0 Å². The van der Waals surface area contributed by atoms with E-state index < -0.39 is 0 Å². The normalized spacial score (nSPS) is 31.7. The second kappa shape index (κ2) is 5.92. The van der Waals surface area contributed by atoms with Gasteiger partial charge in [-0.1, -0.05) is 22.6 Å². The molecule has 1 rings (SSSR count). The van der Waals surface area contributed by atoms with E-state index >= 15 is 0 Å². The van der Waals surface area contributed by atoms with E-state index in [1.54, 1.807) is 7.11 Å². The Morgan fingerprint density at radius 1 is 1.79 bits per heavy atom. The van der Waals surface area contributed by atoms with Gasteiger partial charge in [0.2, 0.25) is 5.91 Å². The Bertz CT molecular complexity index is 205. The molecule has 1 saturated heterocycles. The summed E-state index contributed by atoms with van der Waals surface area (Å²) in [5.74, 6) is 0.00419. The maximum atomic E-state index is 11.0. The highest BCUT2D eigenvalue weighted by molar-refractivity contribution is 14.1. The Balaban J connectivity index is 2.32. The van der Waals surface area contributed by atoms with E-state index in [4.69, 9.17) is 17.3 Å². The third kappa shape index (κ3) is 3.40. The van der Waals surface area contributed by atoms with Crippen LogP contribution >= 0.6 is 22.6 Å². The molecule has 78 valence electrons. The minimum Gasteiger partial charge on any atom is -0.380 e. The summed E-state index contributed by atoms with van der Waals surface area (Å²) in [5, 5.41) is 2.75. The van der Waals surface area contributed by atoms with Crippen molar-refractivity contribution in [2.24, 2.45) is 0 Å². The highest BCUT2D eigenvalue weighted by atomic mass is 127. The second-order valence-corrected chi connectivity index (χ2v) is 3.92. The van der Waals surface area contributed by atoms with Gasteiger partial charge in [0, 0.05) is 19.7 Å². The average Bonchev–Trinajstić information content (AvgIpc) is 2.55. The quantitative estimate of drug-likeness (QED) is 0.446. The van der Waals surface area contributed by atoms with E-state index in [1.165, 1.54) is 0 Å². The molecule has 1 aliphatic heterocycles. The Hall–Kier alpha value is 0.185. The molecular weight excluding hydrogens is 296 g/mol. The molecular formula is C8H13BINO3. The number of carbonyl (C=O) groups is 1. The monoisotopic (exact) mass is 309 g/mol. The number of rotatable bonds is 4. The average molecular weight is 309 g/mol. The van der Waals surface area contributed by atoms with Crippen LogP contribution in [-0.2, 0) is 14.3 Å². The molecule has 1 heterocycles. The minimum atomic E-state index is -0.276. The van der Waals surface area contributed by atoms with Gasteiger partial charge < -0.3 is 14.8 Å². The zero-order chi connectivity index (χ0) is 10.6. The molecule has 0 aromatic rings. The molecule has 6 heteroatoms. The molecule has 1 amide bonds. The number of carbonyl (C=O) groups excluding carboxylic acids is 1. The molecule has 0 saturated carbocycles. The van der Waals surface area contributed by atoms with Crippen LogP contribution in [0.2, 0.25) is 0 Å². The number of nitrogens with one attached hydrogen (secondary N) is 1. The van der Waals surface area contributed by atoms with Gasteiger partial charge in [-0.2, -0.15) is 0 Å². The van der Waals surface area contributed by atoms with Gasteiger partial charge in [0.05, 0.1) is 10.5 Å². The number of halogens is 1. The van der Waals surface area contributed by atoms with Crippen LogP contribution in [0.4, 0.5) is 0 Å². The van der Waals surface area contributed by atoms with Crippen LogP contribution in [-0.4, -0.2) is 50.0 Å². The fourth-order valence-corrected chi connectivity index (χ4v) is 1.71. The molecule has 4 nitrogen and oxygen atoms in total. The summed E-state index contributed by atoms with van der Waals surface area (Å²) >= 11 is 2.01. The van der Waals surface area contributed by atoms with Crippen molar-refractivity contribution in [3.63, 3.8) is 0 Å². The number of methoxy groups -OCH3 is 1. The van der Waals surface area contributed by atoms with Gasteiger partial charge in [0.15, 0.2) is 0 Å². The summed E-state index contributed by atoms with van der Waals surface area (Å²) in [5.41, 5.74) is 0. The third-order valence-corrected chi connectivity index (χ3v) is 2.85. The molecule has 0 bridgehead atoms. The molecule has 0 spiro atoms.